The maximum Gasteiger partial charge on any atom is 0.185 e. The molecule has 0 bridgehead atoms. The summed E-state index contributed by atoms with van der Waals surface area (Å²) in [7, 11) is 1.64. The minimum Gasteiger partial charge on any atom is -0.497 e. The highest BCUT2D eigenvalue weighted by molar-refractivity contribution is 7.13. The van der Waals surface area contributed by atoms with E-state index in [-0.39, 0.29) is 0 Å². The molecule has 5 nitrogen and oxygen atoms in total. The van der Waals surface area contributed by atoms with Crippen molar-refractivity contribution in [2.24, 2.45) is 0 Å². The Labute approximate surface area is 134 Å². The van der Waals surface area contributed by atoms with Gasteiger partial charge in [0.2, 0.25) is 0 Å². The van der Waals surface area contributed by atoms with Gasteiger partial charge in [0.25, 0.3) is 0 Å². The van der Waals surface area contributed by atoms with Gasteiger partial charge >= 0.3 is 0 Å². The lowest BCUT2D eigenvalue weighted by molar-refractivity contribution is 0.109. The molecule has 1 aromatic heterocycles. The number of rotatable bonds is 5. The zero-order valence-electron chi connectivity index (χ0n) is 12.7. The normalized spacial score (nSPS) is 17.5. The molecule has 3 rings (SSSR count). The monoisotopic (exact) mass is 319 g/mol. The van der Waals surface area contributed by atoms with Gasteiger partial charge in [0.15, 0.2) is 5.13 Å². The molecule has 6 heteroatoms. The van der Waals surface area contributed by atoms with Crippen LogP contribution in [0.1, 0.15) is 11.7 Å². The number of nitrogens with zero attached hydrogens (tertiary/aromatic N) is 3. The van der Waals surface area contributed by atoms with E-state index in [1.165, 1.54) is 0 Å². The van der Waals surface area contributed by atoms with E-state index in [4.69, 9.17) is 4.74 Å². The number of aliphatic hydroxyl groups is 1. The number of thiazole rings is 1. The van der Waals surface area contributed by atoms with Gasteiger partial charge in [-0.1, -0.05) is 12.1 Å². The number of aromatic nitrogens is 1. The predicted molar refractivity (Wildman–Crippen MR) is 88.7 cm³/mol. The first-order chi connectivity index (χ1) is 10.8. The van der Waals surface area contributed by atoms with Gasteiger partial charge in [0.1, 0.15) is 5.75 Å². The van der Waals surface area contributed by atoms with Crippen LogP contribution < -0.4 is 9.64 Å². The summed E-state index contributed by atoms with van der Waals surface area (Å²) in [5.74, 6) is 0.783. The number of ether oxygens (including phenoxy) is 1. The van der Waals surface area contributed by atoms with Crippen LogP contribution >= 0.6 is 11.3 Å². The van der Waals surface area contributed by atoms with E-state index in [9.17, 15) is 5.11 Å². The standard InChI is InChI=1S/C16H21N3O2S/c1-21-14-4-2-3-13(11-14)15(20)12-18-6-8-19(9-7-18)16-17-5-10-22-16/h2-5,10-11,15,20H,6-9,12H2,1H3. The van der Waals surface area contributed by atoms with Crippen LogP contribution in [0.15, 0.2) is 35.8 Å². The molecule has 2 heterocycles. The second kappa shape index (κ2) is 7.09. The van der Waals surface area contributed by atoms with Crippen LogP contribution in [0.4, 0.5) is 5.13 Å². The fourth-order valence-corrected chi connectivity index (χ4v) is 3.39. The average Bonchev–Trinajstić information content (AvgIpc) is 3.10. The summed E-state index contributed by atoms with van der Waals surface area (Å²) in [5, 5.41) is 13.5. The van der Waals surface area contributed by atoms with Gasteiger partial charge in [-0.2, -0.15) is 0 Å². The number of β-amino-alcohol motifs (C(OH)–C–C–N with tert-alkyl or cyclic N) is 1. The molecule has 0 radical (unpaired) electrons. The molecule has 2 aromatic rings. The van der Waals surface area contributed by atoms with Gasteiger partial charge in [-0.05, 0) is 17.7 Å². The summed E-state index contributed by atoms with van der Waals surface area (Å²) in [4.78, 5) is 8.96. The summed E-state index contributed by atoms with van der Waals surface area (Å²) < 4.78 is 5.21. The second-order valence-electron chi connectivity index (χ2n) is 5.39. The minimum absolute atomic E-state index is 0.485. The van der Waals surface area contributed by atoms with Crippen molar-refractivity contribution < 1.29 is 9.84 Å². The van der Waals surface area contributed by atoms with E-state index in [0.29, 0.717) is 6.54 Å². The molecule has 22 heavy (non-hydrogen) atoms. The van der Waals surface area contributed by atoms with E-state index in [0.717, 1.165) is 42.6 Å². The molecular formula is C16H21N3O2S. The molecule has 1 N–H and O–H groups in total. The Bertz CT molecular complexity index is 583. The van der Waals surface area contributed by atoms with E-state index >= 15 is 0 Å². The van der Waals surface area contributed by atoms with Crippen molar-refractivity contribution in [1.29, 1.82) is 0 Å². The summed E-state index contributed by atoms with van der Waals surface area (Å²) in [5.41, 5.74) is 0.904. The quantitative estimate of drug-likeness (QED) is 0.913. The third-order valence-electron chi connectivity index (χ3n) is 3.97. The summed E-state index contributed by atoms with van der Waals surface area (Å²) in [6.45, 7) is 4.46. The van der Waals surface area contributed by atoms with Crippen LogP contribution in [0, 0.1) is 0 Å². The highest BCUT2D eigenvalue weighted by atomic mass is 32.1. The molecule has 1 aliphatic heterocycles. The van der Waals surface area contributed by atoms with Crippen molar-refractivity contribution in [3.63, 3.8) is 0 Å². The molecule has 1 aromatic carbocycles. The average molecular weight is 319 g/mol. The van der Waals surface area contributed by atoms with Gasteiger partial charge in [0, 0.05) is 44.3 Å². The van der Waals surface area contributed by atoms with Gasteiger partial charge in [-0.25, -0.2) is 4.98 Å². The molecular weight excluding hydrogens is 298 g/mol. The van der Waals surface area contributed by atoms with E-state index in [1.807, 2.05) is 35.8 Å². The van der Waals surface area contributed by atoms with Crippen LogP contribution in [0.2, 0.25) is 0 Å². The lowest BCUT2D eigenvalue weighted by Gasteiger charge is -2.35. The SMILES string of the molecule is COc1cccc(C(O)CN2CCN(c3nccs3)CC2)c1. The fraction of sp³-hybridized carbons (Fsp3) is 0.438. The molecule has 0 aliphatic carbocycles. The second-order valence-corrected chi connectivity index (χ2v) is 6.27. The smallest absolute Gasteiger partial charge is 0.185 e. The van der Waals surface area contributed by atoms with Crippen LogP contribution in [-0.4, -0.2) is 54.8 Å². The number of piperazine rings is 1. The Morgan fingerprint density at radius 1 is 1.32 bits per heavy atom. The number of benzene rings is 1. The van der Waals surface area contributed by atoms with Crippen LogP contribution in [-0.2, 0) is 0 Å². The molecule has 1 unspecified atom stereocenters. The lowest BCUT2D eigenvalue weighted by Crippen LogP contribution is -2.47. The lowest BCUT2D eigenvalue weighted by atomic mass is 10.1. The van der Waals surface area contributed by atoms with Crippen LogP contribution in [0.3, 0.4) is 0 Å². The van der Waals surface area contributed by atoms with Crippen molar-refractivity contribution in [3.8, 4) is 5.75 Å². The highest BCUT2D eigenvalue weighted by Gasteiger charge is 2.21. The number of hydrogen-bond donors (Lipinski definition) is 1. The van der Waals surface area contributed by atoms with Crippen molar-refractivity contribution in [2.45, 2.75) is 6.10 Å². The first-order valence-corrected chi connectivity index (χ1v) is 8.33. The van der Waals surface area contributed by atoms with Gasteiger partial charge in [-0.3, -0.25) is 4.90 Å². The molecule has 0 saturated carbocycles. The van der Waals surface area contributed by atoms with Crippen molar-refractivity contribution in [1.82, 2.24) is 9.88 Å². The molecule has 1 atom stereocenters. The summed E-state index contributed by atoms with van der Waals surface area (Å²) in [6, 6.07) is 7.65. The number of hydrogen-bond acceptors (Lipinski definition) is 6. The maximum atomic E-state index is 10.4. The highest BCUT2D eigenvalue weighted by Crippen LogP contribution is 2.22. The van der Waals surface area contributed by atoms with E-state index < -0.39 is 6.10 Å². The Morgan fingerprint density at radius 2 is 2.14 bits per heavy atom. The Morgan fingerprint density at radius 3 is 2.82 bits per heavy atom. The van der Waals surface area contributed by atoms with Gasteiger partial charge in [-0.15, -0.1) is 11.3 Å². The zero-order chi connectivity index (χ0) is 15.4. The van der Waals surface area contributed by atoms with Crippen molar-refractivity contribution >= 4 is 16.5 Å². The molecule has 1 aliphatic rings. The first-order valence-electron chi connectivity index (χ1n) is 7.45. The van der Waals surface area contributed by atoms with E-state index in [2.05, 4.69) is 14.8 Å². The van der Waals surface area contributed by atoms with E-state index in [1.54, 1.807) is 18.4 Å². The molecule has 0 amide bonds. The Kier molecular flexibility index (Phi) is 4.92. The summed E-state index contributed by atoms with van der Waals surface area (Å²) in [6.07, 6.45) is 1.36. The summed E-state index contributed by atoms with van der Waals surface area (Å²) >= 11 is 1.68. The molecule has 1 saturated heterocycles. The van der Waals surface area contributed by atoms with Crippen LogP contribution in [0.25, 0.3) is 0 Å². The zero-order valence-corrected chi connectivity index (χ0v) is 13.5. The van der Waals surface area contributed by atoms with Crippen LogP contribution in [0.5, 0.6) is 5.75 Å². The third kappa shape index (κ3) is 3.58. The minimum atomic E-state index is -0.485. The Hall–Kier alpha value is -1.63. The molecule has 1 fully saturated rings. The van der Waals surface area contributed by atoms with Crippen molar-refractivity contribution in [3.05, 3.63) is 41.4 Å². The first kappa shape index (κ1) is 15.3. The number of methoxy groups -OCH3 is 1. The van der Waals surface area contributed by atoms with Gasteiger partial charge < -0.3 is 14.7 Å². The number of anilines is 1. The third-order valence-corrected chi connectivity index (χ3v) is 4.80. The predicted octanol–water partition coefficient (Wildman–Crippen LogP) is 2.01. The largest absolute Gasteiger partial charge is 0.497 e. The number of aliphatic hydroxyl groups excluding tert-OH is 1. The maximum absolute atomic E-state index is 10.4. The molecule has 0 spiro atoms. The molecule has 118 valence electrons. The topological polar surface area (TPSA) is 48.8 Å². The van der Waals surface area contributed by atoms with Gasteiger partial charge in [0.05, 0.1) is 13.2 Å². The van der Waals surface area contributed by atoms with Crippen molar-refractivity contribution in [2.75, 3.05) is 44.7 Å². The Balaban J connectivity index is 1.53. The fourth-order valence-electron chi connectivity index (χ4n) is 2.69.